The molecular weight excluding hydrogens is 749 g/mol. The molecule has 0 spiro atoms. The maximum atomic E-state index is 12.6. The molecule has 0 bridgehead atoms. The zero-order chi connectivity index (χ0) is 42.2. The molecule has 0 aliphatic carbocycles. The van der Waals surface area contributed by atoms with Gasteiger partial charge in [0.05, 0.1) is 13.2 Å². The molecular formula is C44H70NO11P. The van der Waals surface area contributed by atoms with Crippen LogP contribution in [0.25, 0.3) is 0 Å². The number of phosphoric ester groups is 1. The van der Waals surface area contributed by atoms with Gasteiger partial charge in [-0.1, -0.05) is 119 Å². The van der Waals surface area contributed by atoms with Crippen LogP contribution in [0, 0.1) is 0 Å². The lowest BCUT2D eigenvalue weighted by molar-refractivity contribution is -0.161. The van der Waals surface area contributed by atoms with E-state index in [0.717, 1.165) is 51.4 Å². The molecule has 0 amide bonds. The van der Waals surface area contributed by atoms with E-state index >= 15 is 0 Å². The number of hydrogen-bond donors (Lipinski definition) is 3. The lowest BCUT2D eigenvalue weighted by Crippen LogP contribution is -2.34. The Bertz CT molecular complexity index is 1350. The average molecular weight is 820 g/mol. The van der Waals surface area contributed by atoms with Crippen LogP contribution in [0.5, 0.6) is 0 Å². The highest BCUT2D eigenvalue weighted by Crippen LogP contribution is 2.43. The summed E-state index contributed by atoms with van der Waals surface area (Å²) in [7, 11) is -4.79. The zero-order valence-corrected chi connectivity index (χ0v) is 35.3. The molecule has 0 aromatic heterocycles. The Hall–Kier alpha value is -3.67. The Morgan fingerprint density at radius 2 is 1.09 bits per heavy atom. The zero-order valence-electron chi connectivity index (χ0n) is 34.4. The quantitative estimate of drug-likeness (QED) is 0.0135. The summed E-state index contributed by atoms with van der Waals surface area (Å²) in [6.07, 6.45) is 42.4. The van der Waals surface area contributed by atoms with Crippen LogP contribution in [0.2, 0.25) is 0 Å². The SMILES string of the molecule is CCCCC/C=C\C/C=C\C/C=C\C=C\C(=O)CCCC(=O)O[C@H](COC(=O)CCCC/C=C\C/C=C\C/C=C\CCCCC)COP(=O)(O)OC[C@H](N)C(=O)O. The molecule has 3 atom stereocenters. The van der Waals surface area contributed by atoms with Gasteiger partial charge in [0.15, 0.2) is 11.9 Å². The minimum atomic E-state index is -4.79. The van der Waals surface area contributed by atoms with Crippen molar-refractivity contribution in [3.05, 3.63) is 85.1 Å². The Balaban J connectivity index is 4.70. The van der Waals surface area contributed by atoms with E-state index in [2.05, 4.69) is 79.1 Å². The van der Waals surface area contributed by atoms with Gasteiger partial charge in [0.1, 0.15) is 12.6 Å². The molecule has 0 aliphatic heterocycles. The summed E-state index contributed by atoms with van der Waals surface area (Å²) in [6, 6.07) is -1.57. The van der Waals surface area contributed by atoms with E-state index in [1.165, 1.54) is 44.6 Å². The molecule has 322 valence electrons. The van der Waals surface area contributed by atoms with Crippen LogP contribution in [-0.4, -0.2) is 65.7 Å². The average Bonchev–Trinajstić information content (AvgIpc) is 3.18. The monoisotopic (exact) mass is 819 g/mol. The van der Waals surface area contributed by atoms with E-state index in [-0.39, 0.29) is 31.5 Å². The number of phosphoric acid groups is 1. The first kappa shape index (κ1) is 53.3. The highest BCUT2D eigenvalue weighted by Gasteiger charge is 2.28. The number of aliphatic carboxylic acids is 1. The van der Waals surface area contributed by atoms with Crippen LogP contribution in [0.1, 0.15) is 136 Å². The molecule has 0 rings (SSSR count). The minimum Gasteiger partial charge on any atom is -0.480 e. The lowest BCUT2D eigenvalue weighted by atomic mass is 10.1. The number of esters is 2. The molecule has 12 nitrogen and oxygen atoms in total. The number of carboxylic acids is 1. The molecule has 0 aromatic carbocycles. The van der Waals surface area contributed by atoms with Crippen molar-refractivity contribution in [2.75, 3.05) is 19.8 Å². The van der Waals surface area contributed by atoms with Gasteiger partial charge >= 0.3 is 25.7 Å². The van der Waals surface area contributed by atoms with Gasteiger partial charge in [0.2, 0.25) is 0 Å². The van der Waals surface area contributed by atoms with E-state index < -0.39 is 57.7 Å². The van der Waals surface area contributed by atoms with Gasteiger partial charge in [-0.3, -0.25) is 28.2 Å². The standard InChI is InChI=1S/C44H70NO11P/c1-3-5-7-9-11-13-15-17-18-20-22-24-26-28-30-34-42(47)53-36-40(37-54-57(51,52)55-38-41(45)44(49)50)56-43(48)35-31-33-39(46)32-29-27-25-23-21-19-16-14-12-10-8-6-4-2/h11-14,17-19,21-22,24-25,27,29,32,40-41H,3-10,15-16,20,23,26,28,30-31,33-38,45H2,1-2H3,(H,49,50)(H,51,52)/b13-11-,14-12-,18-17-,21-19-,24-22-,27-25-,32-29+/t40-,41+/m1/s1. The Kier molecular flexibility index (Phi) is 35.4. The number of allylic oxidation sites excluding steroid dienone is 14. The van der Waals surface area contributed by atoms with Gasteiger partial charge in [0, 0.05) is 19.3 Å². The third-order valence-corrected chi connectivity index (χ3v) is 9.04. The first-order chi connectivity index (χ1) is 27.5. The second kappa shape index (κ2) is 37.9. The molecule has 0 aliphatic rings. The van der Waals surface area contributed by atoms with Crippen molar-refractivity contribution in [1.82, 2.24) is 0 Å². The number of nitrogens with two attached hydrogens (primary N) is 1. The van der Waals surface area contributed by atoms with E-state index in [4.69, 9.17) is 24.8 Å². The van der Waals surface area contributed by atoms with Crippen LogP contribution in [0.3, 0.4) is 0 Å². The largest absolute Gasteiger partial charge is 0.480 e. The summed E-state index contributed by atoms with van der Waals surface area (Å²) in [5.74, 6) is -2.90. The molecule has 0 fully saturated rings. The second-order valence-corrected chi connectivity index (χ2v) is 14.9. The van der Waals surface area contributed by atoms with Gasteiger partial charge in [0.25, 0.3) is 0 Å². The predicted molar refractivity (Wildman–Crippen MR) is 226 cm³/mol. The van der Waals surface area contributed by atoms with Gasteiger partial charge in [-0.05, 0) is 83.1 Å². The number of ether oxygens (including phenoxy) is 2. The summed E-state index contributed by atoms with van der Waals surface area (Å²) in [6.45, 7) is 2.43. The summed E-state index contributed by atoms with van der Waals surface area (Å²) >= 11 is 0. The predicted octanol–water partition coefficient (Wildman–Crippen LogP) is 9.90. The number of unbranched alkanes of at least 4 members (excludes halogenated alkanes) is 8. The number of carbonyl (C=O) groups excluding carboxylic acids is 3. The molecule has 0 saturated carbocycles. The smallest absolute Gasteiger partial charge is 0.472 e. The van der Waals surface area contributed by atoms with Crippen molar-refractivity contribution in [2.24, 2.45) is 5.73 Å². The highest BCUT2D eigenvalue weighted by molar-refractivity contribution is 7.47. The Morgan fingerprint density at radius 1 is 0.596 bits per heavy atom. The van der Waals surface area contributed by atoms with Crippen molar-refractivity contribution in [1.29, 1.82) is 0 Å². The lowest BCUT2D eigenvalue weighted by Gasteiger charge is -2.20. The summed E-state index contributed by atoms with van der Waals surface area (Å²) in [5, 5.41) is 8.87. The fourth-order valence-electron chi connectivity index (χ4n) is 4.79. The fraction of sp³-hybridized carbons (Fsp3) is 0.591. The number of rotatable bonds is 37. The van der Waals surface area contributed by atoms with Gasteiger partial charge < -0.3 is 25.2 Å². The molecule has 57 heavy (non-hydrogen) atoms. The van der Waals surface area contributed by atoms with Crippen LogP contribution in [-0.2, 0) is 42.3 Å². The number of carbonyl (C=O) groups is 4. The molecule has 1 unspecified atom stereocenters. The van der Waals surface area contributed by atoms with Crippen LogP contribution < -0.4 is 5.73 Å². The first-order valence-corrected chi connectivity index (χ1v) is 22.1. The summed E-state index contributed by atoms with van der Waals surface area (Å²) in [4.78, 5) is 58.1. The topological polar surface area (TPSA) is 189 Å². The van der Waals surface area contributed by atoms with Gasteiger partial charge in [-0.2, -0.15) is 0 Å². The van der Waals surface area contributed by atoms with Gasteiger partial charge in [-0.15, -0.1) is 0 Å². The maximum Gasteiger partial charge on any atom is 0.472 e. The summed E-state index contributed by atoms with van der Waals surface area (Å²) in [5.41, 5.74) is 5.30. The fourth-order valence-corrected chi connectivity index (χ4v) is 5.57. The highest BCUT2D eigenvalue weighted by atomic mass is 31.2. The molecule has 13 heteroatoms. The van der Waals surface area contributed by atoms with E-state index in [1.54, 1.807) is 12.2 Å². The maximum absolute atomic E-state index is 12.6. The summed E-state index contributed by atoms with van der Waals surface area (Å²) < 4.78 is 32.4. The molecule has 0 aromatic rings. The number of ketones is 1. The van der Waals surface area contributed by atoms with E-state index in [1.807, 2.05) is 6.08 Å². The van der Waals surface area contributed by atoms with E-state index in [0.29, 0.717) is 6.42 Å². The minimum absolute atomic E-state index is 0.0896. The Morgan fingerprint density at radius 3 is 1.63 bits per heavy atom. The first-order valence-electron chi connectivity index (χ1n) is 20.6. The number of carboxylic acid groups (broad SMARTS) is 1. The second-order valence-electron chi connectivity index (χ2n) is 13.4. The molecule has 0 saturated heterocycles. The van der Waals surface area contributed by atoms with Crippen molar-refractivity contribution in [2.45, 2.75) is 148 Å². The number of hydrogen-bond acceptors (Lipinski definition) is 10. The van der Waals surface area contributed by atoms with Gasteiger partial charge in [-0.25, -0.2) is 4.57 Å². The van der Waals surface area contributed by atoms with E-state index in [9.17, 15) is 28.6 Å². The third kappa shape index (κ3) is 37.7. The normalized spacial score (nSPS) is 14.5. The van der Waals surface area contributed by atoms with Crippen LogP contribution >= 0.6 is 7.82 Å². The molecule has 0 radical (unpaired) electrons. The third-order valence-electron chi connectivity index (χ3n) is 8.09. The van der Waals surface area contributed by atoms with Crippen molar-refractivity contribution >= 4 is 31.5 Å². The Labute approximate surface area is 341 Å². The van der Waals surface area contributed by atoms with Crippen molar-refractivity contribution < 1.29 is 52.3 Å². The van der Waals surface area contributed by atoms with Crippen LogP contribution in [0.15, 0.2) is 85.1 Å². The van der Waals surface area contributed by atoms with Crippen molar-refractivity contribution in [3.8, 4) is 0 Å². The van der Waals surface area contributed by atoms with Crippen molar-refractivity contribution in [3.63, 3.8) is 0 Å². The molecule has 4 N–H and O–H groups in total. The molecule has 0 heterocycles. The van der Waals surface area contributed by atoms with Crippen LogP contribution in [0.4, 0.5) is 0 Å².